The highest BCUT2D eigenvalue weighted by atomic mass is 79.9. The Kier molecular flexibility index (Phi) is 5.11. The zero-order chi connectivity index (χ0) is 13.7. The first-order chi connectivity index (χ1) is 9.22. The molecule has 0 aliphatic carbocycles. The van der Waals surface area contributed by atoms with Crippen molar-refractivity contribution >= 4 is 15.9 Å². The van der Waals surface area contributed by atoms with Gasteiger partial charge < -0.3 is 5.32 Å². The van der Waals surface area contributed by atoms with Crippen molar-refractivity contribution in [2.75, 3.05) is 7.05 Å². The molecule has 3 heteroatoms. The Labute approximate surface area is 122 Å². The second-order valence-corrected chi connectivity index (χ2v) is 5.30. The topological polar surface area (TPSA) is 12.0 Å². The van der Waals surface area contributed by atoms with Crippen LogP contribution in [0.2, 0.25) is 0 Å². The van der Waals surface area contributed by atoms with Crippen molar-refractivity contribution in [3.63, 3.8) is 0 Å². The van der Waals surface area contributed by atoms with Gasteiger partial charge in [-0.2, -0.15) is 0 Å². The molecule has 1 nitrogen and oxygen atoms in total. The van der Waals surface area contributed by atoms with Crippen LogP contribution in [0.4, 0.5) is 4.39 Å². The van der Waals surface area contributed by atoms with E-state index in [1.165, 1.54) is 11.6 Å². The van der Waals surface area contributed by atoms with Gasteiger partial charge in [-0.15, -0.1) is 0 Å². The lowest BCUT2D eigenvalue weighted by atomic mass is 9.99. The first kappa shape index (κ1) is 14.2. The van der Waals surface area contributed by atoms with Gasteiger partial charge in [0.15, 0.2) is 0 Å². The summed E-state index contributed by atoms with van der Waals surface area (Å²) in [5, 5.41) is 3.31. The molecule has 1 N–H and O–H groups in total. The number of halogens is 2. The fourth-order valence-corrected chi connectivity index (χ4v) is 2.67. The molecule has 0 saturated heterocycles. The minimum atomic E-state index is -0.196. The summed E-state index contributed by atoms with van der Waals surface area (Å²) in [4.78, 5) is 0. The van der Waals surface area contributed by atoms with E-state index in [0.717, 1.165) is 18.4 Å². The third kappa shape index (κ3) is 3.64. The van der Waals surface area contributed by atoms with Crippen LogP contribution >= 0.6 is 15.9 Å². The van der Waals surface area contributed by atoms with Crippen LogP contribution in [-0.2, 0) is 6.42 Å². The maximum atomic E-state index is 13.4. The molecule has 19 heavy (non-hydrogen) atoms. The van der Waals surface area contributed by atoms with Crippen LogP contribution in [-0.4, -0.2) is 7.05 Å². The Morgan fingerprint density at radius 2 is 1.84 bits per heavy atom. The predicted molar refractivity (Wildman–Crippen MR) is 80.7 cm³/mol. The lowest BCUT2D eigenvalue weighted by Crippen LogP contribution is -2.17. The Morgan fingerprint density at radius 3 is 2.53 bits per heavy atom. The molecule has 0 heterocycles. The molecule has 0 bridgehead atoms. The molecule has 100 valence electrons. The molecule has 1 unspecified atom stereocenters. The number of hydrogen-bond acceptors (Lipinski definition) is 1. The minimum absolute atomic E-state index is 0.196. The SMILES string of the molecule is CNC(CCc1cccc(F)c1Br)c1ccccc1. The van der Waals surface area contributed by atoms with Gasteiger partial charge in [0, 0.05) is 6.04 Å². The molecular formula is C16H17BrFN. The van der Waals surface area contributed by atoms with E-state index < -0.39 is 0 Å². The van der Waals surface area contributed by atoms with Gasteiger partial charge in [-0.3, -0.25) is 0 Å². The van der Waals surface area contributed by atoms with E-state index >= 15 is 0 Å². The van der Waals surface area contributed by atoms with Crippen LogP contribution in [0.25, 0.3) is 0 Å². The smallest absolute Gasteiger partial charge is 0.137 e. The van der Waals surface area contributed by atoms with Gasteiger partial charge in [0.25, 0.3) is 0 Å². The van der Waals surface area contributed by atoms with Crippen LogP contribution in [0.1, 0.15) is 23.6 Å². The largest absolute Gasteiger partial charge is 0.313 e. The summed E-state index contributed by atoms with van der Waals surface area (Å²) in [6, 6.07) is 15.8. The van der Waals surface area contributed by atoms with E-state index in [9.17, 15) is 4.39 Å². The maximum absolute atomic E-state index is 13.4. The molecule has 2 rings (SSSR count). The van der Waals surface area contributed by atoms with Gasteiger partial charge in [0.05, 0.1) is 4.47 Å². The molecule has 2 aromatic carbocycles. The molecule has 2 aromatic rings. The van der Waals surface area contributed by atoms with E-state index in [-0.39, 0.29) is 11.9 Å². The highest BCUT2D eigenvalue weighted by Gasteiger charge is 2.11. The summed E-state index contributed by atoms with van der Waals surface area (Å²) >= 11 is 3.31. The minimum Gasteiger partial charge on any atom is -0.313 e. The van der Waals surface area contributed by atoms with E-state index in [0.29, 0.717) is 4.47 Å². The van der Waals surface area contributed by atoms with Gasteiger partial charge in [-0.1, -0.05) is 42.5 Å². The first-order valence-electron chi connectivity index (χ1n) is 6.37. The van der Waals surface area contributed by atoms with E-state index in [2.05, 4.69) is 33.4 Å². The highest BCUT2D eigenvalue weighted by Crippen LogP contribution is 2.25. The van der Waals surface area contributed by atoms with E-state index in [1.54, 1.807) is 6.07 Å². The first-order valence-corrected chi connectivity index (χ1v) is 7.16. The zero-order valence-electron chi connectivity index (χ0n) is 10.9. The quantitative estimate of drug-likeness (QED) is 0.856. The molecular weight excluding hydrogens is 305 g/mol. The Hall–Kier alpha value is -1.19. The molecule has 0 aliphatic rings. The third-order valence-corrected chi connectivity index (χ3v) is 4.17. The van der Waals surface area contributed by atoms with Crippen LogP contribution in [0, 0.1) is 5.82 Å². The highest BCUT2D eigenvalue weighted by molar-refractivity contribution is 9.10. The third-order valence-electron chi connectivity index (χ3n) is 3.28. The fourth-order valence-electron chi connectivity index (χ4n) is 2.20. The van der Waals surface area contributed by atoms with Crippen molar-refractivity contribution in [1.82, 2.24) is 5.32 Å². The summed E-state index contributed by atoms with van der Waals surface area (Å²) in [6.45, 7) is 0. The van der Waals surface area contributed by atoms with Crippen LogP contribution < -0.4 is 5.32 Å². The molecule has 0 aliphatic heterocycles. The maximum Gasteiger partial charge on any atom is 0.137 e. The molecule has 0 amide bonds. The van der Waals surface area contributed by atoms with Crippen molar-refractivity contribution in [1.29, 1.82) is 0 Å². The second kappa shape index (κ2) is 6.83. The average molecular weight is 322 g/mol. The fraction of sp³-hybridized carbons (Fsp3) is 0.250. The van der Waals surface area contributed by atoms with Crippen molar-refractivity contribution in [2.45, 2.75) is 18.9 Å². The number of nitrogens with one attached hydrogen (secondary N) is 1. The summed E-state index contributed by atoms with van der Waals surface area (Å²) < 4.78 is 14.0. The number of hydrogen-bond donors (Lipinski definition) is 1. The van der Waals surface area contributed by atoms with E-state index in [4.69, 9.17) is 0 Å². The molecule has 0 aromatic heterocycles. The number of aryl methyl sites for hydroxylation is 1. The Balaban J connectivity index is 2.06. The van der Waals surface area contributed by atoms with Crippen LogP contribution in [0.5, 0.6) is 0 Å². The average Bonchev–Trinajstić information content (AvgIpc) is 2.45. The standard InChI is InChI=1S/C16H17BrFN/c1-19-15(12-6-3-2-4-7-12)11-10-13-8-5-9-14(18)16(13)17/h2-9,15,19H,10-11H2,1H3. The van der Waals surface area contributed by atoms with Gasteiger partial charge in [-0.05, 0) is 53.0 Å². The van der Waals surface area contributed by atoms with Gasteiger partial charge >= 0.3 is 0 Å². The van der Waals surface area contributed by atoms with Crippen molar-refractivity contribution in [3.8, 4) is 0 Å². The predicted octanol–water partition coefficient (Wildman–Crippen LogP) is 4.48. The molecule has 1 atom stereocenters. The summed E-state index contributed by atoms with van der Waals surface area (Å²) in [5.74, 6) is -0.196. The molecule has 0 saturated carbocycles. The van der Waals surface area contributed by atoms with Gasteiger partial charge in [0.1, 0.15) is 5.82 Å². The number of benzene rings is 2. The Bertz CT molecular complexity index is 528. The Morgan fingerprint density at radius 1 is 1.11 bits per heavy atom. The summed E-state index contributed by atoms with van der Waals surface area (Å²) in [7, 11) is 1.96. The van der Waals surface area contributed by atoms with Crippen LogP contribution in [0.3, 0.4) is 0 Å². The normalized spacial score (nSPS) is 12.4. The van der Waals surface area contributed by atoms with Crippen molar-refractivity contribution in [3.05, 3.63) is 69.9 Å². The summed E-state index contributed by atoms with van der Waals surface area (Å²) in [5.41, 5.74) is 2.27. The molecule has 0 spiro atoms. The lowest BCUT2D eigenvalue weighted by Gasteiger charge is -2.17. The number of rotatable bonds is 5. The molecule has 0 radical (unpaired) electrons. The summed E-state index contributed by atoms with van der Waals surface area (Å²) in [6.07, 6.45) is 1.77. The lowest BCUT2D eigenvalue weighted by molar-refractivity contribution is 0.546. The zero-order valence-corrected chi connectivity index (χ0v) is 12.5. The molecule has 0 fully saturated rings. The second-order valence-electron chi connectivity index (χ2n) is 4.50. The van der Waals surface area contributed by atoms with E-state index in [1.807, 2.05) is 31.3 Å². The van der Waals surface area contributed by atoms with Crippen molar-refractivity contribution < 1.29 is 4.39 Å². The van der Waals surface area contributed by atoms with Crippen molar-refractivity contribution in [2.24, 2.45) is 0 Å². The van der Waals surface area contributed by atoms with Gasteiger partial charge in [-0.25, -0.2) is 4.39 Å². The monoisotopic (exact) mass is 321 g/mol. The van der Waals surface area contributed by atoms with Gasteiger partial charge in [0.2, 0.25) is 0 Å². The van der Waals surface area contributed by atoms with Crippen LogP contribution in [0.15, 0.2) is 53.0 Å².